The van der Waals surface area contributed by atoms with Gasteiger partial charge < -0.3 is 10.2 Å². The Balaban J connectivity index is 2.07. The maximum absolute atomic E-state index is 12.6. The fourth-order valence-electron chi connectivity index (χ4n) is 2.65. The number of nitrogens with zero attached hydrogens (tertiary/aromatic N) is 2. The molecule has 1 aliphatic rings. The van der Waals surface area contributed by atoms with Crippen LogP contribution in [-0.2, 0) is 4.79 Å². The molecule has 0 aromatic heterocycles. The van der Waals surface area contributed by atoms with Crippen LogP contribution in [-0.4, -0.2) is 53.8 Å². The van der Waals surface area contributed by atoms with Gasteiger partial charge in [-0.1, -0.05) is 0 Å². The van der Waals surface area contributed by atoms with Crippen LogP contribution < -0.4 is 5.32 Å². The van der Waals surface area contributed by atoms with Gasteiger partial charge in [0.25, 0.3) is 5.91 Å². The average Bonchev–Trinajstić information content (AvgIpc) is 2.43. The summed E-state index contributed by atoms with van der Waals surface area (Å²) < 4.78 is 0. The minimum Gasteiger partial charge on any atom is -0.336 e. The molecule has 0 saturated carbocycles. The van der Waals surface area contributed by atoms with Gasteiger partial charge in [0.15, 0.2) is 0 Å². The average molecular weight is 289 g/mol. The van der Waals surface area contributed by atoms with Crippen molar-refractivity contribution in [3.63, 3.8) is 0 Å². The molecule has 2 atom stereocenters. The third-order valence-electron chi connectivity index (χ3n) is 4.10. The van der Waals surface area contributed by atoms with E-state index in [2.05, 4.69) is 31.1 Å². The molecule has 1 fully saturated rings. The molecule has 0 radical (unpaired) electrons. The highest BCUT2D eigenvalue weighted by atomic mass is 16.2. The summed E-state index contributed by atoms with van der Waals surface area (Å²) in [6.07, 6.45) is 0. The van der Waals surface area contributed by atoms with Crippen LogP contribution >= 0.6 is 0 Å². The Labute approximate surface area is 125 Å². The van der Waals surface area contributed by atoms with Gasteiger partial charge in [-0.3, -0.25) is 14.5 Å². The molecule has 1 aromatic carbocycles. The van der Waals surface area contributed by atoms with Crippen molar-refractivity contribution in [3.8, 4) is 0 Å². The molecule has 114 valence electrons. The molecule has 2 amide bonds. The molecular weight excluding hydrogens is 266 g/mol. The van der Waals surface area contributed by atoms with Crippen molar-refractivity contribution >= 4 is 17.5 Å². The van der Waals surface area contributed by atoms with E-state index < -0.39 is 0 Å². The number of rotatable bonds is 2. The number of carbonyl (C=O) groups is 2. The van der Waals surface area contributed by atoms with Crippen molar-refractivity contribution < 1.29 is 9.59 Å². The second-order valence-corrected chi connectivity index (χ2v) is 5.83. The third kappa shape index (κ3) is 3.61. The zero-order valence-corrected chi connectivity index (χ0v) is 13.1. The zero-order chi connectivity index (χ0) is 15.6. The number of anilines is 1. The molecule has 1 N–H and O–H groups in total. The Hall–Kier alpha value is -1.88. The molecule has 2 rings (SSSR count). The lowest BCUT2D eigenvalue weighted by molar-refractivity contribution is -0.114. The number of benzene rings is 1. The molecule has 2 unspecified atom stereocenters. The fourth-order valence-corrected chi connectivity index (χ4v) is 2.65. The first-order chi connectivity index (χ1) is 9.88. The van der Waals surface area contributed by atoms with Gasteiger partial charge in [0.2, 0.25) is 5.91 Å². The van der Waals surface area contributed by atoms with E-state index in [1.807, 2.05) is 4.90 Å². The first-order valence-corrected chi connectivity index (χ1v) is 7.27. The quantitative estimate of drug-likeness (QED) is 0.903. The predicted octanol–water partition coefficient (Wildman–Crippen LogP) is 1.81. The van der Waals surface area contributed by atoms with Crippen molar-refractivity contribution in [3.05, 3.63) is 29.8 Å². The lowest BCUT2D eigenvalue weighted by Crippen LogP contribution is -2.56. The Morgan fingerprint density at radius 1 is 1.10 bits per heavy atom. The van der Waals surface area contributed by atoms with Gasteiger partial charge in [0.1, 0.15) is 0 Å². The molecule has 5 nitrogen and oxygen atoms in total. The standard InChI is InChI=1S/C16H23N3O2/c1-11-9-19(10-12(2)18(11)4)16(21)14-5-7-15(8-6-14)17-13(3)20/h5-8,11-12H,9-10H2,1-4H3,(H,17,20). The van der Waals surface area contributed by atoms with Crippen molar-refractivity contribution in [2.45, 2.75) is 32.9 Å². The van der Waals surface area contributed by atoms with Crippen LogP contribution in [0.4, 0.5) is 5.69 Å². The number of piperazine rings is 1. The highest BCUT2D eigenvalue weighted by molar-refractivity contribution is 5.95. The highest BCUT2D eigenvalue weighted by Gasteiger charge is 2.29. The van der Waals surface area contributed by atoms with Crippen LogP contribution in [0, 0.1) is 0 Å². The molecule has 0 spiro atoms. The topological polar surface area (TPSA) is 52.7 Å². The van der Waals surface area contributed by atoms with E-state index >= 15 is 0 Å². The van der Waals surface area contributed by atoms with Crippen molar-refractivity contribution in [1.82, 2.24) is 9.80 Å². The molecule has 1 aliphatic heterocycles. The van der Waals surface area contributed by atoms with Crippen molar-refractivity contribution in [1.29, 1.82) is 0 Å². The summed E-state index contributed by atoms with van der Waals surface area (Å²) >= 11 is 0. The van der Waals surface area contributed by atoms with Gasteiger partial charge in [-0.15, -0.1) is 0 Å². The van der Waals surface area contributed by atoms with Crippen molar-refractivity contribution in [2.24, 2.45) is 0 Å². The Morgan fingerprint density at radius 2 is 1.62 bits per heavy atom. The van der Waals surface area contributed by atoms with E-state index in [4.69, 9.17) is 0 Å². The molecule has 1 saturated heterocycles. The van der Waals surface area contributed by atoms with Crippen LogP contribution in [0.15, 0.2) is 24.3 Å². The summed E-state index contributed by atoms with van der Waals surface area (Å²) in [5.41, 5.74) is 1.37. The fraction of sp³-hybridized carbons (Fsp3) is 0.500. The summed E-state index contributed by atoms with van der Waals surface area (Å²) in [6, 6.07) is 7.77. The van der Waals surface area contributed by atoms with Gasteiger partial charge in [0, 0.05) is 43.3 Å². The van der Waals surface area contributed by atoms with Crippen LogP contribution in [0.3, 0.4) is 0 Å². The van der Waals surface area contributed by atoms with E-state index in [1.165, 1.54) is 6.92 Å². The maximum Gasteiger partial charge on any atom is 0.253 e. The predicted molar refractivity (Wildman–Crippen MR) is 83.3 cm³/mol. The molecule has 0 bridgehead atoms. The SMILES string of the molecule is CC(=O)Nc1ccc(C(=O)N2CC(C)N(C)C(C)C2)cc1. The van der Waals surface area contributed by atoms with Gasteiger partial charge >= 0.3 is 0 Å². The van der Waals surface area contributed by atoms with Crippen molar-refractivity contribution in [2.75, 3.05) is 25.5 Å². The van der Waals surface area contributed by atoms with Gasteiger partial charge in [-0.2, -0.15) is 0 Å². The zero-order valence-electron chi connectivity index (χ0n) is 13.1. The summed E-state index contributed by atoms with van der Waals surface area (Å²) in [4.78, 5) is 27.7. The van der Waals surface area contributed by atoms with E-state index in [0.29, 0.717) is 23.3 Å². The summed E-state index contributed by atoms with van der Waals surface area (Å²) in [7, 11) is 2.10. The first-order valence-electron chi connectivity index (χ1n) is 7.27. The number of likely N-dealkylation sites (N-methyl/N-ethyl adjacent to an activating group) is 1. The van der Waals surface area contributed by atoms with Crippen LogP contribution in [0.2, 0.25) is 0 Å². The minimum absolute atomic E-state index is 0.0520. The minimum atomic E-state index is -0.115. The highest BCUT2D eigenvalue weighted by Crippen LogP contribution is 2.17. The van der Waals surface area contributed by atoms with Gasteiger partial charge in [-0.05, 0) is 45.2 Å². The molecule has 1 heterocycles. The number of hydrogen-bond donors (Lipinski definition) is 1. The monoisotopic (exact) mass is 289 g/mol. The molecule has 0 aliphatic carbocycles. The number of carbonyl (C=O) groups excluding carboxylic acids is 2. The van der Waals surface area contributed by atoms with Gasteiger partial charge in [-0.25, -0.2) is 0 Å². The molecule has 21 heavy (non-hydrogen) atoms. The number of amides is 2. The Kier molecular flexibility index (Phi) is 4.63. The second kappa shape index (κ2) is 6.26. The lowest BCUT2D eigenvalue weighted by atomic mass is 10.1. The lowest BCUT2D eigenvalue weighted by Gasteiger charge is -2.42. The van der Waals surface area contributed by atoms with Crippen LogP contribution in [0.1, 0.15) is 31.1 Å². The van der Waals surface area contributed by atoms with E-state index in [-0.39, 0.29) is 11.8 Å². The number of nitrogens with one attached hydrogen (secondary N) is 1. The normalized spacial score (nSPS) is 23.0. The summed E-state index contributed by atoms with van der Waals surface area (Å²) in [6.45, 7) is 7.22. The van der Waals surface area contributed by atoms with E-state index in [0.717, 1.165) is 13.1 Å². The van der Waals surface area contributed by atoms with Crippen LogP contribution in [0.5, 0.6) is 0 Å². The molecular formula is C16H23N3O2. The largest absolute Gasteiger partial charge is 0.336 e. The third-order valence-corrected chi connectivity index (χ3v) is 4.10. The molecule has 5 heteroatoms. The first kappa shape index (κ1) is 15.5. The Bertz CT molecular complexity index is 515. The van der Waals surface area contributed by atoms with E-state index in [1.54, 1.807) is 24.3 Å². The van der Waals surface area contributed by atoms with E-state index in [9.17, 15) is 9.59 Å². The Morgan fingerprint density at radius 3 is 2.10 bits per heavy atom. The van der Waals surface area contributed by atoms with Crippen LogP contribution in [0.25, 0.3) is 0 Å². The smallest absolute Gasteiger partial charge is 0.253 e. The second-order valence-electron chi connectivity index (χ2n) is 5.83. The van der Waals surface area contributed by atoms with Gasteiger partial charge in [0.05, 0.1) is 0 Å². The number of hydrogen-bond acceptors (Lipinski definition) is 3. The maximum atomic E-state index is 12.6. The molecule has 1 aromatic rings. The summed E-state index contributed by atoms with van der Waals surface area (Å²) in [5.74, 6) is -0.0630. The summed E-state index contributed by atoms with van der Waals surface area (Å²) in [5, 5.41) is 2.70.